The Bertz CT molecular complexity index is 437. The zero-order valence-corrected chi connectivity index (χ0v) is 10.7. The summed E-state index contributed by atoms with van der Waals surface area (Å²) in [6, 6.07) is -0.0959. The normalized spacial score (nSPS) is 19.6. The first kappa shape index (κ1) is 12.5. The molecular formula is C10H18N4O2S. The minimum atomic E-state index is -3.45. The van der Waals surface area contributed by atoms with Gasteiger partial charge in [-0.2, -0.15) is 0 Å². The number of likely N-dealkylation sites (tertiary alicyclic amines) is 1. The van der Waals surface area contributed by atoms with E-state index in [4.69, 9.17) is 0 Å². The predicted molar refractivity (Wildman–Crippen MR) is 64.0 cm³/mol. The van der Waals surface area contributed by atoms with Crippen LogP contribution in [0, 0.1) is 0 Å². The van der Waals surface area contributed by atoms with Gasteiger partial charge in [0, 0.05) is 12.6 Å². The van der Waals surface area contributed by atoms with E-state index in [0.29, 0.717) is 0 Å². The largest absolute Gasteiger partial charge is 0.335 e. The molecular weight excluding hydrogens is 240 g/mol. The fourth-order valence-corrected chi connectivity index (χ4v) is 3.25. The molecule has 1 aliphatic heterocycles. The van der Waals surface area contributed by atoms with Gasteiger partial charge in [-0.1, -0.05) is 0 Å². The standard InChI is InChI=1S/C10H18N4O2S/c1-9(7-14-4-2-3-5-14)13-17(15,16)10-6-11-8-12-10/h6,8-9,13H,2-5,7H2,1H3,(H,11,12). The smallest absolute Gasteiger partial charge is 0.257 e. The van der Waals surface area contributed by atoms with Gasteiger partial charge in [-0.3, -0.25) is 0 Å². The topological polar surface area (TPSA) is 78.1 Å². The van der Waals surface area contributed by atoms with Crippen molar-refractivity contribution in [1.82, 2.24) is 19.6 Å². The monoisotopic (exact) mass is 258 g/mol. The Balaban J connectivity index is 1.91. The first-order chi connectivity index (χ1) is 8.08. The van der Waals surface area contributed by atoms with E-state index in [-0.39, 0.29) is 11.1 Å². The van der Waals surface area contributed by atoms with Crippen molar-refractivity contribution in [2.75, 3.05) is 19.6 Å². The van der Waals surface area contributed by atoms with Gasteiger partial charge in [-0.05, 0) is 32.9 Å². The van der Waals surface area contributed by atoms with Crippen LogP contribution in [-0.4, -0.2) is 49.0 Å². The number of aromatic amines is 1. The van der Waals surface area contributed by atoms with Gasteiger partial charge in [0.15, 0.2) is 5.03 Å². The Labute approximate surface area is 101 Å². The maximum absolute atomic E-state index is 11.9. The van der Waals surface area contributed by atoms with Crippen molar-refractivity contribution < 1.29 is 8.42 Å². The molecule has 7 heteroatoms. The van der Waals surface area contributed by atoms with Crippen molar-refractivity contribution in [3.8, 4) is 0 Å². The fourth-order valence-electron chi connectivity index (χ4n) is 2.11. The highest BCUT2D eigenvalue weighted by Crippen LogP contribution is 2.09. The average Bonchev–Trinajstić information content (AvgIpc) is 2.87. The van der Waals surface area contributed by atoms with E-state index in [9.17, 15) is 8.42 Å². The lowest BCUT2D eigenvalue weighted by atomic mass is 10.3. The van der Waals surface area contributed by atoms with Gasteiger partial charge in [0.2, 0.25) is 0 Å². The Kier molecular flexibility index (Phi) is 3.80. The molecule has 1 aromatic rings. The molecule has 1 aliphatic rings. The molecule has 0 amide bonds. The molecule has 1 atom stereocenters. The maximum Gasteiger partial charge on any atom is 0.257 e. The van der Waals surface area contributed by atoms with Crippen LogP contribution in [0.4, 0.5) is 0 Å². The lowest BCUT2D eigenvalue weighted by Crippen LogP contribution is -2.41. The average molecular weight is 258 g/mol. The number of rotatable bonds is 5. The summed E-state index contributed by atoms with van der Waals surface area (Å²) in [4.78, 5) is 8.59. The summed E-state index contributed by atoms with van der Waals surface area (Å²) in [6.45, 7) is 4.77. The first-order valence-corrected chi connectivity index (χ1v) is 7.29. The predicted octanol–water partition coefficient (Wildman–Crippen LogP) is 0.172. The van der Waals surface area contributed by atoms with E-state index < -0.39 is 10.0 Å². The van der Waals surface area contributed by atoms with Crippen molar-refractivity contribution in [3.05, 3.63) is 12.5 Å². The molecule has 2 heterocycles. The van der Waals surface area contributed by atoms with Crippen LogP contribution in [0.5, 0.6) is 0 Å². The van der Waals surface area contributed by atoms with Crippen molar-refractivity contribution in [1.29, 1.82) is 0 Å². The van der Waals surface area contributed by atoms with Gasteiger partial charge >= 0.3 is 0 Å². The van der Waals surface area contributed by atoms with Gasteiger partial charge in [0.25, 0.3) is 10.0 Å². The Morgan fingerprint density at radius 1 is 1.53 bits per heavy atom. The minimum Gasteiger partial charge on any atom is -0.335 e. The Morgan fingerprint density at radius 3 is 2.82 bits per heavy atom. The molecule has 1 fully saturated rings. The lowest BCUT2D eigenvalue weighted by Gasteiger charge is -2.20. The molecule has 0 saturated carbocycles. The summed E-state index contributed by atoms with van der Waals surface area (Å²) in [5.74, 6) is 0. The highest BCUT2D eigenvalue weighted by Gasteiger charge is 2.21. The number of hydrogen-bond acceptors (Lipinski definition) is 4. The van der Waals surface area contributed by atoms with Crippen molar-refractivity contribution in [2.24, 2.45) is 0 Å². The third-order valence-corrected chi connectivity index (χ3v) is 4.36. The van der Waals surface area contributed by atoms with Gasteiger partial charge in [0.05, 0.1) is 12.5 Å². The molecule has 96 valence electrons. The van der Waals surface area contributed by atoms with Crippen LogP contribution in [0.1, 0.15) is 19.8 Å². The van der Waals surface area contributed by atoms with Gasteiger partial charge in [-0.15, -0.1) is 0 Å². The van der Waals surface area contributed by atoms with Crippen LogP contribution in [0.2, 0.25) is 0 Å². The molecule has 0 aromatic carbocycles. The third kappa shape index (κ3) is 3.27. The number of hydrogen-bond donors (Lipinski definition) is 2. The molecule has 2 N–H and O–H groups in total. The summed E-state index contributed by atoms with van der Waals surface area (Å²) in [5, 5.41) is 0.116. The second-order valence-corrected chi connectivity index (χ2v) is 6.13. The van der Waals surface area contributed by atoms with E-state index in [1.54, 1.807) is 0 Å². The number of imidazole rings is 1. The van der Waals surface area contributed by atoms with E-state index in [0.717, 1.165) is 19.6 Å². The molecule has 17 heavy (non-hydrogen) atoms. The lowest BCUT2D eigenvalue weighted by molar-refractivity contribution is 0.312. The van der Waals surface area contributed by atoms with Crippen LogP contribution in [-0.2, 0) is 10.0 Å². The Morgan fingerprint density at radius 2 is 2.24 bits per heavy atom. The van der Waals surface area contributed by atoms with Crippen molar-refractivity contribution >= 4 is 10.0 Å². The van der Waals surface area contributed by atoms with Crippen LogP contribution in [0.15, 0.2) is 17.6 Å². The summed E-state index contributed by atoms with van der Waals surface area (Å²) < 4.78 is 26.4. The highest BCUT2D eigenvalue weighted by molar-refractivity contribution is 7.89. The Hall–Kier alpha value is -0.920. The van der Waals surface area contributed by atoms with Crippen LogP contribution in [0.3, 0.4) is 0 Å². The molecule has 1 unspecified atom stereocenters. The number of nitrogens with one attached hydrogen (secondary N) is 2. The van der Waals surface area contributed by atoms with E-state index in [2.05, 4.69) is 19.6 Å². The number of H-pyrrole nitrogens is 1. The zero-order valence-electron chi connectivity index (χ0n) is 9.89. The summed E-state index contributed by atoms with van der Waals surface area (Å²) in [6.07, 6.45) is 5.09. The summed E-state index contributed by atoms with van der Waals surface area (Å²) >= 11 is 0. The third-order valence-electron chi connectivity index (χ3n) is 2.85. The van der Waals surface area contributed by atoms with E-state index in [1.807, 2.05) is 6.92 Å². The SMILES string of the molecule is CC(CN1CCCC1)NS(=O)(=O)c1cnc[nH]1. The van der Waals surface area contributed by atoms with E-state index in [1.165, 1.54) is 25.4 Å². The van der Waals surface area contributed by atoms with Crippen LogP contribution >= 0.6 is 0 Å². The zero-order chi connectivity index (χ0) is 12.3. The minimum absolute atomic E-state index is 0.0959. The number of aromatic nitrogens is 2. The van der Waals surface area contributed by atoms with E-state index >= 15 is 0 Å². The molecule has 0 radical (unpaired) electrons. The van der Waals surface area contributed by atoms with Gasteiger partial charge in [0.1, 0.15) is 0 Å². The molecule has 0 bridgehead atoms. The van der Waals surface area contributed by atoms with Gasteiger partial charge < -0.3 is 9.88 Å². The summed E-state index contributed by atoms with van der Waals surface area (Å²) in [7, 11) is -3.45. The second-order valence-electron chi connectivity index (χ2n) is 4.45. The van der Waals surface area contributed by atoms with Crippen molar-refractivity contribution in [2.45, 2.75) is 30.8 Å². The fraction of sp³-hybridized carbons (Fsp3) is 0.700. The second kappa shape index (κ2) is 5.16. The van der Waals surface area contributed by atoms with Gasteiger partial charge in [-0.25, -0.2) is 18.1 Å². The van der Waals surface area contributed by atoms with Crippen molar-refractivity contribution in [3.63, 3.8) is 0 Å². The quantitative estimate of drug-likeness (QED) is 0.789. The number of nitrogens with zero attached hydrogens (tertiary/aromatic N) is 2. The molecule has 6 nitrogen and oxygen atoms in total. The number of sulfonamides is 1. The molecule has 0 spiro atoms. The molecule has 0 aliphatic carbocycles. The first-order valence-electron chi connectivity index (χ1n) is 5.81. The van der Waals surface area contributed by atoms with Crippen LogP contribution < -0.4 is 4.72 Å². The summed E-state index contributed by atoms with van der Waals surface area (Å²) in [5.41, 5.74) is 0. The molecule has 1 saturated heterocycles. The molecule has 1 aromatic heterocycles. The highest BCUT2D eigenvalue weighted by atomic mass is 32.2. The van der Waals surface area contributed by atoms with Crippen LogP contribution in [0.25, 0.3) is 0 Å². The molecule has 2 rings (SSSR count). The maximum atomic E-state index is 11.9.